The van der Waals surface area contributed by atoms with E-state index in [0.29, 0.717) is 5.56 Å². The smallest absolute Gasteiger partial charge is 0.212 e. The van der Waals surface area contributed by atoms with Gasteiger partial charge in [0.25, 0.3) is 0 Å². The highest BCUT2D eigenvalue weighted by Crippen LogP contribution is 2.45. The second-order valence-electron chi connectivity index (χ2n) is 32.2. The fourth-order valence-corrected chi connectivity index (χ4v) is 18.2. The van der Waals surface area contributed by atoms with Gasteiger partial charge >= 0.3 is 0 Å². The molecule has 0 N–H and O–H groups in total. The third kappa shape index (κ3) is 13.3. The number of benzene rings is 12. The third-order valence-electron chi connectivity index (χ3n) is 24.6. The lowest BCUT2D eigenvalue weighted by Crippen LogP contribution is -2.31. The van der Waals surface area contributed by atoms with Crippen LogP contribution in [0.5, 0.6) is 0 Å². The van der Waals surface area contributed by atoms with Gasteiger partial charge in [-0.05, 0) is 217 Å². The molecule has 2 aliphatic carbocycles. The highest BCUT2D eigenvalue weighted by Gasteiger charge is 2.27. The summed E-state index contributed by atoms with van der Waals surface area (Å²) in [6.45, 7) is 9.65. The van der Waals surface area contributed by atoms with Crippen LogP contribution in [-0.2, 0) is 28.2 Å². The van der Waals surface area contributed by atoms with Crippen molar-refractivity contribution in [2.75, 3.05) is 0 Å². The van der Waals surface area contributed by atoms with Gasteiger partial charge in [0, 0.05) is 144 Å². The van der Waals surface area contributed by atoms with Crippen LogP contribution in [0, 0.1) is 34.6 Å². The number of hydrogen-bond acceptors (Lipinski definition) is 4. The van der Waals surface area contributed by atoms with Gasteiger partial charge in [0.2, 0.25) is 22.8 Å². The van der Waals surface area contributed by atoms with Crippen molar-refractivity contribution < 1.29 is 44.2 Å². The van der Waals surface area contributed by atoms with Crippen molar-refractivity contribution in [3.05, 3.63) is 312 Å². The monoisotopic (exact) mass is 1510 g/mol. The number of pyridine rings is 4. The lowest BCUT2D eigenvalue weighted by molar-refractivity contribution is -0.660. The number of furan rings is 4. The quantitative estimate of drug-likeness (QED) is 0.149. The second-order valence-corrected chi connectivity index (χ2v) is 32.2. The van der Waals surface area contributed by atoms with Crippen molar-refractivity contribution in [1.82, 2.24) is 0 Å². The molecule has 20 aromatic rings. The molecule has 0 aliphatic heterocycles. The Hall–Kier alpha value is -12.5. The van der Waals surface area contributed by atoms with Gasteiger partial charge < -0.3 is 17.7 Å². The van der Waals surface area contributed by atoms with E-state index in [-0.39, 0.29) is 0 Å². The summed E-state index contributed by atoms with van der Waals surface area (Å²) in [7, 11) is 8.22. The standard InChI is InChI=1S/C29H28NO.C28H26NO.C26H24NO.C24H20NO/c1-19-16-28-26(24-13-12-21-10-6-7-11-23(21)29(24)31-28)18-25(19)27-17-22(14-15-30(27)2)20-8-4-3-5-9-20;1-18-15-27-25(23-12-11-20-9-5-6-10-22(20)28(23)30-27)17-24(18)26-16-21(13-14-29(26)2)19-7-3-4-8-19;1-16(2)19-11-12-27(4)24(14-19)22-15-23-21-10-9-18-7-5-6-8-20(18)26(21)28-25(23)13-17(22)3;1-15-10-11-25(3)22(12-15)20-14-21-19-9-8-17-6-4-5-7-18(17)24(19)26-23(21)13-16(20)2/h6-7,10-18,20H,3-5,8-9H2,1-2H3;5-6,9-17,19H,3-4,7-8H2,1-2H3;5-16H,1-4H3;4-14H,1-3H3/q4*+1/i20D;19D;1D3,16D;. The molecule has 0 saturated heterocycles. The summed E-state index contributed by atoms with van der Waals surface area (Å²) in [6, 6.07) is 84.8. The molecule has 12 aromatic carbocycles. The molecule has 0 bridgehead atoms. The van der Waals surface area contributed by atoms with Gasteiger partial charge in [-0.2, -0.15) is 0 Å². The molecule has 2 fully saturated rings. The molecule has 8 heterocycles. The molecule has 8 nitrogen and oxygen atoms in total. The number of aromatic nitrogens is 4. The van der Waals surface area contributed by atoms with Gasteiger partial charge in [-0.15, -0.1) is 0 Å². The Balaban J connectivity index is 0.000000107. The Morgan fingerprint density at radius 1 is 0.313 bits per heavy atom. The van der Waals surface area contributed by atoms with Crippen molar-refractivity contribution in [1.29, 1.82) is 0 Å². The van der Waals surface area contributed by atoms with Crippen LogP contribution in [0.4, 0.5) is 0 Å². The van der Waals surface area contributed by atoms with E-state index in [2.05, 4.69) is 293 Å². The second kappa shape index (κ2) is 29.8. The van der Waals surface area contributed by atoms with E-state index >= 15 is 0 Å². The van der Waals surface area contributed by atoms with E-state index in [4.69, 9.17) is 25.9 Å². The maximum atomic E-state index is 9.11. The van der Waals surface area contributed by atoms with Gasteiger partial charge in [-0.25, -0.2) is 18.3 Å². The van der Waals surface area contributed by atoms with E-state index in [9.17, 15) is 0 Å². The number of aryl methyl sites for hydroxylation is 9. The molecule has 0 spiro atoms. The first-order valence-corrected chi connectivity index (χ1v) is 40.6. The lowest BCUT2D eigenvalue weighted by atomic mass is 9.84. The van der Waals surface area contributed by atoms with E-state index in [1.165, 1.54) is 90.3 Å². The van der Waals surface area contributed by atoms with Crippen LogP contribution in [0.25, 0.3) is 176 Å². The largest absolute Gasteiger partial charge is 0.455 e. The molecular weight excluding hydrogens is 1410 g/mol. The maximum Gasteiger partial charge on any atom is 0.212 e. The maximum absolute atomic E-state index is 9.11. The van der Waals surface area contributed by atoms with Crippen molar-refractivity contribution >= 4 is 131 Å². The van der Waals surface area contributed by atoms with E-state index in [1.54, 1.807) is 6.07 Å². The normalized spacial score (nSPS) is 15.5. The first kappa shape index (κ1) is 66.0. The number of nitrogens with zero attached hydrogens (tertiary/aromatic N) is 4. The zero-order valence-electron chi connectivity index (χ0n) is 73.2. The fourth-order valence-electron chi connectivity index (χ4n) is 18.2. The highest BCUT2D eigenvalue weighted by atomic mass is 16.3. The zero-order valence-corrected chi connectivity index (χ0v) is 67.2. The SMILES string of the molecule is Cc1cc[n+](C)c(-c2cc3c(cc2C)oc2c4ccccc4ccc32)c1.[2H]C([2H])([2H])C([2H])(C)c1cc[n+](C)c(-c2cc3c(cc2C)oc2c4ccccc4ccc32)c1.[2H]C1(c2cc[n+](C)c(-c3cc4c(cc3C)oc3c5ccccc5ccc43)c2)CCCC1.[2H]C1(c2cc[n+](C)c(-c3cc4c(cc3C)oc3c5ccccc5ccc43)c2)CCCCC1. The number of fused-ring (bicyclic) bond motifs is 20. The first-order valence-electron chi connectivity index (χ1n) is 43.6. The molecule has 115 heavy (non-hydrogen) atoms. The summed E-state index contributed by atoms with van der Waals surface area (Å²) in [4.78, 5) is 0. The van der Waals surface area contributed by atoms with Crippen molar-refractivity contribution in [3.8, 4) is 45.0 Å². The minimum atomic E-state index is -2.43. The lowest BCUT2D eigenvalue weighted by Gasteiger charge is -2.21. The average molecular weight is 1510 g/mol. The first-order chi connectivity index (χ1) is 58.3. The molecule has 0 radical (unpaired) electrons. The molecule has 566 valence electrons. The summed E-state index contributed by atoms with van der Waals surface area (Å²) in [5.74, 6) is -2.60. The van der Waals surface area contributed by atoms with Crippen LogP contribution in [0.1, 0.15) is 142 Å². The van der Waals surface area contributed by atoms with Crippen LogP contribution >= 0.6 is 0 Å². The molecule has 8 heteroatoms. The molecule has 2 saturated carbocycles. The Labute approximate surface area is 680 Å². The minimum absolute atomic E-state index is 0.442. The van der Waals surface area contributed by atoms with Crippen molar-refractivity contribution in [2.24, 2.45) is 28.2 Å². The Bertz CT molecular complexity index is 7580. The van der Waals surface area contributed by atoms with Crippen molar-refractivity contribution in [2.45, 2.75) is 124 Å². The predicted molar refractivity (Wildman–Crippen MR) is 476 cm³/mol. The average Bonchev–Trinajstić information content (AvgIpc) is 1.61. The summed E-state index contributed by atoms with van der Waals surface area (Å²) < 4.78 is 83.8. The van der Waals surface area contributed by atoms with Crippen LogP contribution in [0.15, 0.2) is 285 Å². The summed E-state index contributed by atoms with van der Waals surface area (Å²) >= 11 is 0. The predicted octanol–water partition coefficient (Wildman–Crippen LogP) is 27.3. The Morgan fingerprint density at radius 3 is 0.948 bits per heavy atom. The van der Waals surface area contributed by atoms with Crippen molar-refractivity contribution in [3.63, 3.8) is 0 Å². The van der Waals surface area contributed by atoms with Crippen LogP contribution in [-0.4, -0.2) is 0 Å². The van der Waals surface area contributed by atoms with Gasteiger partial charge in [-0.3, -0.25) is 0 Å². The molecule has 2 aliphatic rings. The highest BCUT2D eigenvalue weighted by molar-refractivity contribution is 6.19. The third-order valence-corrected chi connectivity index (χ3v) is 24.6. The summed E-state index contributed by atoms with van der Waals surface area (Å²) in [5, 5.41) is 18.3. The van der Waals surface area contributed by atoms with E-state index < -0.39 is 24.5 Å². The molecule has 0 amide bonds. The molecule has 22 rings (SSSR count). The van der Waals surface area contributed by atoms with Crippen LogP contribution in [0.3, 0.4) is 0 Å². The molecule has 1 atom stereocenters. The van der Waals surface area contributed by atoms with Crippen LogP contribution < -0.4 is 18.3 Å². The molecule has 1 unspecified atom stereocenters. The topological polar surface area (TPSA) is 68.1 Å². The number of hydrogen-bond donors (Lipinski definition) is 0. The number of rotatable bonds is 7. The van der Waals surface area contributed by atoms with Gasteiger partial charge in [-0.1, -0.05) is 167 Å². The van der Waals surface area contributed by atoms with Gasteiger partial charge in [0.1, 0.15) is 72.9 Å². The van der Waals surface area contributed by atoms with E-state index in [1.807, 2.05) is 49.0 Å². The Kier molecular flexibility index (Phi) is 17.1. The van der Waals surface area contributed by atoms with Gasteiger partial charge in [0.15, 0.2) is 24.8 Å². The van der Waals surface area contributed by atoms with E-state index in [0.717, 1.165) is 189 Å². The molecule has 8 aromatic heterocycles. The zero-order chi connectivity index (χ0) is 83.7. The fraction of sp³-hybridized carbons (Fsp3) is 0.215. The van der Waals surface area contributed by atoms with Crippen LogP contribution in [0.2, 0.25) is 0 Å². The Morgan fingerprint density at radius 2 is 0.609 bits per heavy atom. The summed E-state index contributed by atoms with van der Waals surface area (Å²) in [5.41, 5.74) is 25.1. The molecular formula is C107H98N4O4+4. The summed E-state index contributed by atoms with van der Waals surface area (Å²) in [6.07, 6.45) is 17.9. The minimum Gasteiger partial charge on any atom is -0.455 e. The van der Waals surface area contributed by atoms with Gasteiger partial charge in [0.05, 0.1) is 0 Å².